The molecule has 0 unspecified atom stereocenters. The number of piperazine rings is 1. The first-order valence-corrected chi connectivity index (χ1v) is 10.2. The molecular weight excluding hydrogens is 382 g/mol. The lowest BCUT2D eigenvalue weighted by molar-refractivity contribution is -0.132. The molecule has 5 heteroatoms. The third-order valence-electron chi connectivity index (χ3n) is 5.60. The normalized spacial score (nSPS) is 15.7. The van der Waals surface area contributed by atoms with Gasteiger partial charge in [0.15, 0.2) is 0 Å². The fraction of sp³-hybridized carbons (Fsp3) is 0.240. The van der Waals surface area contributed by atoms with Crippen LogP contribution in [-0.4, -0.2) is 41.9 Å². The van der Waals surface area contributed by atoms with Crippen LogP contribution in [0.15, 0.2) is 78.9 Å². The van der Waals surface area contributed by atoms with Crippen LogP contribution in [0.1, 0.15) is 22.7 Å². The summed E-state index contributed by atoms with van der Waals surface area (Å²) in [6, 6.07) is 22.9. The van der Waals surface area contributed by atoms with Gasteiger partial charge in [-0.15, -0.1) is 0 Å². The highest BCUT2D eigenvalue weighted by molar-refractivity contribution is 5.78. The Balaban J connectivity index is 1.45. The summed E-state index contributed by atoms with van der Waals surface area (Å²) in [4.78, 5) is 16.9. The number of rotatable bonds is 5. The minimum atomic E-state index is -0.299. The van der Waals surface area contributed by atoms with Crippen LogP contribution < -0.4 is 0 Å². The maximum absolute atomic E-state index is 13.5. The maximum atomic E-state index is 13.5. The summed E-state index contributed by atoms with van der Waals surface area (Å²) in [7, 11) is 0. The molecule has 1 saturated heterocycles. The lowest BCUT2D eigenvalue weighted by atomic mass is 9.96. The van der Waals surface area contributed by atoms with E-state index in [0.29, 0.717) is 13.1 Å². The number of carbonyl (C=O) groups excluding carboxylic acids is 1. The van der Waals surface area contributed by atoms with Gasteiger partial charge in [0, 0.05) is 26.2 Å². The van der Waals surface area contributed by atoms with Gasteiger partial charge in [0.1, 0.15) is 11.6 Å². The molecule has 1 heterocycles. The first-order valence-electron chi connectivity index (χ1n) is 10.2. The number of amides is 1. The van der Waals surface area contributed by atoms with Gasteiger partial charge in [0.05, 0.1) is 12.5 Å². The van der Waals surface area contributed by atoms with Crippen molar-refractivity contribution in [2.75, 3.05) is 26.2 Å². The Morgan fingerprint density at radius 2 is 1.27 bits per heavy atom. The van der Waals surface area contributed by atoms with Crippen molar-refractivity contribution in [2.24, 2.45) is 0 Å². The lowest BCUT2D eigenvalue weighted by Crippen LogP contribution is -2.50. The number of nitrogens with zero attached hydrogens (tertiary/aromatic N) is 2. The van der Waals surface area contributed by atoms with Crippen LogP contribution in [-0.2, 0) is 11.2 Å². The van der Waals surface area contributed by atoms with Crippen molar-refractivity contribution < 1.29 is 13.6 Å². The zero-order valence-corrected chi connectivity index (χ0v) is 16.7. The van der Waals surface area contributed by atoms with Crippen molar-refractivity contribution in [1.82, 2.24) is 9.80 Å². The highest BCUT2D eigenvalue weighted by atomic mass is 19.1. The van der Waals surface area contributed by atoms with Gasteiger partial charge in [-0.3, -0.25) is 9.69 Å². The molecule has 4 rings (SSSR count). The zero-order chi connectivity index (χ0) is 20.9. The Bertz CT molecular complexity index is 966. The van der Waals surface area contributed by atoms with E-state index in [1.54, 1.807) is 12.1 Å². The average Bonchev–Trinajstić information content (AvgIpc) is 2.78. The maximum Gasteiger partial charge on any atom is 0.227 e. The summed E-state index contributed by atoms with van der Waals surface area (Å²) in [5.74, 6) is -0.492. The van der Waals surface area contributed by atoms with Crippen LogP contribution in [0.4, 0.5) is 8.78 Å². The van der Waals surface area contributed by atoms with E-state index in [-0.39, 0.29) is 30.0 Å². The third-order valence-corrected chi connectivity index (χ3v) is 5.60. The fourth-order valence-corrected chi connectivity index (χ4v) is 4.01. The molecule has 0 aromatic heterocycles. The molecule has 1 fully saturated rings. The van der Waals surface area contributed by atoms with Gasteiger partial charge in [-0.1, -0.05) is 54.6 Å². The van der Waals surface area contributed by atoms with Crippen LogP contribution in [0.2, 0.25) is 0 Å². The standard InChI is InChI=1S/C25H24F2N2O/c26-22-10-6-19(7-11-22)18-24(30)28-14-16-29(17-15-28)25(20-4-2-1-3-5-20)21-8-12-23(27)13-9-21/h1-13,25H,14-18H2/t25-/m0/s1. The largest absolute Gasteiger partial charge is 0.340 e. The Morgan fingerprint density at radius 1 is 0.733 bits per heavy atom. The van der Waals surface area contributed by atoms with Crippen molar-refractivity contribution >= 4 is 5.91 Å². The monoisotopic (exact) mass is 406 g/mol. The van der Waals surface area contributed by atoms with Crippen LogP contribution in [0, 0.1) is 11.6 Å². The molecule has 154 valence electrons. The van der Waals surface area contributed by atoms with Gasteiger partial charge in [-0.25, -0.2) is 8.78 Å². The second-order valence-corrected chi connectivity index (χ2v) is 7.58. The molecule has 0 bridgehead atoms. The first-order chi connectivity index (χ1) is 14.6. The van der Waals surface area contributed by atoms with E-state index < -0.39 is 0 Å². The topological polar surface area (TPSA) is 23.6 Å². The molecule has 1 aliphatic heterocycles. The predicted molar refractivity (Wildman–Crippen MR) is 113 cm³/mol. The fourth-order valence-electron chi connectivity index (χ4n) is 4.01. The summed E-state index contributed by atoms with van der Waals surface area (Å²) >= 11 is 0. The molecule has 3 aromatic rings. The van der Waals surface area contributed by atoms with E-state index in [0.717, 1.165) is 29.8 Å². The van der Waals surface area contributed by atoms with Gasteiger partial charge < -0.3 is 4.90 Å². The Kier molecular flexibility index (Phi) is 6.19. The highest BCUT2D eigenvalue weighted by Crippen LogP contribution is 2.29. The zero-order valence-electron chi connectivity index (χ0n) is 16.7. The number of carbonyl (C=O) groups is 1. The van der Waals surface area contributed by atoms with E-state index in [9.17, 15) is 13.6 Å². The number of benzene rings is 3. The van der Waals surface area contributed by atoms with Gasteiger partial charge in [-0.2, -0.15) is 0 Å². The van der Waals surface area contributed by atoms with Crippen LogP contribution in [0.5, 0.6) is 0 Å². The molecule has 3 aromatic carbocycles. The third kappa shape index (κ3) is 4.74. The van der Waals surface area contributed by atoms with E-state index in [1.807, 2.05) is 35.2 Å². The Hall–Kier alpha value is -3.05. The van der Waals surface area contributed by atoms with E-state index in [4.69, 9.17) is 0 Å². The number of hydrogen-bond donors (Lipinski definition) is 0. The van der Waals surface area contributed by atoms with Gasteiger partial charge in [0.25, 0.3) is 0 Å². The Labute approximate surface area is 175 Å². The minimum Gasteiger partial charge on any atom is -0.340 e. The summed E-state index contributed by atoms with van der Waals surface area (Å²) < 4.78 is 26.5. The van der Waals surface area contributed by atoms with E-state index >= 15 is 0 Å². The van der Waals surface area contributed by atoms with Gasteiger partial charge in [-0.05, 0) is 41.0 Å². The molecule has 1 amide bonds. The summed E-state index contributed by atoms with van der Waals surface area (Å²) in [5, 5.41) is 0. The molecule has 0 N–H and O–H groups in total. The predicted octanol–water partition coefficient (Wildman–Crippen LogP) is 4.44. The van der Waals surface area contributed by atoms with Crippen molar-refractivity contribution in [2.45, 2.75) is 12.5 Å². The summed E-state index contributed by atoms with van der Waals surface area (Å²) in [6.45, 7) is 2.72. The van der Waals surface area contributed by atoms with Crippen molar-refractivity contribution in [3.63, 3.8) is 0 Å². The van der Waals surface area contributed by atoms with Gasteiger partial charge in [0.2, 0.25) is 5.91 Å². The SMILES string of the molecule is O=C(Cc1ccc(F)cc1)N1CCN([C@@H](c2ccccc2)c2ccc(F)cc2)CC1. The summed E-state index contributed by atoms with van der Waals surface area (Å²) in [6.07, 6.45) is 0.278. The average molecular weight is 406 g/mol. The van der Waals surface area contributed by atoms with Crippen LogP contribution in [0.3, 0.4) is 0 Å². The lowest BCUT2D eigenvalue weighted by Gasteiger charge is -2.40. The first kappa shape index (κ1) is 20.2. The quantitative estimate of drug-likeness (QED) is 0.625. The molecule has 0 spiro atoms. The Morgan fingerprint density at radius 3 is 1.87 bits per heavy atom. The molecule has 30 heavy (non-hydrogen) atoms. The second kappa shape index (κ2) is 9.18. The molecular formula is C25H24F2N2O. The summed E-state index contributed by atoms with van der Waals surface area (Å²) in [5.41, 5.74) is 3.00. The van der Waals surface area contributed by atoms with Crippen LogP contribution in [0.25, 0.3) is 0 Å². The van der Waals surface area contributed by atoms with Crippen molar-refractivity contribution in [1.29, 1.82) is 0 Å². The molecule has 3 nitrogen and oxygen atoms in total. The van der Waals surface area contributed by atoms with E-state index in [2.05, 4.69) is 17.0 Å². The molecule has 0 saturated carbocycles. The van der Waals surface area contributed by atoms with Crippen molar-refractivity contribution in [3.8, 4) is 0 Å². The highest BCUT2D eigenvalue weighted by Gasteiger charge is 2.28. The molecule has 1 atom stereocenters. The second-order valence-electron chi connectivity index (χ2n) is 7.58. The number of halogens is 2. The van der Waals surface area contributed by atoms with Crippen LogP contribution >= 0.6 is 0 Å². The van der Waals surface area contributed by atoms with Gasteiger partial charge >= 0.3 is 0 Å². The van der Waals surface area contributed by atoms with Crippen molar-refractivity contribution in [3.05, 3.63) is 107 Å². The minimum absolute atomic E-state index is 0.0150. The van der Waals surface area contributed by atoms with E-state index in [1.165, 1.54) is 24.3 Å². The molecule has 0 aliphatic carbocycles. The molecule has 0 radical (unpaired) electrons. The number of hydrogen-bond acceptors (Lipinski definition) is 2. The molecule has 1 aliphatic rings. The smallest absolute Gasteiger partial charge is 0.227 e.